The van der Waals surface area contributed by atoms with Crippen molar-refractivity contribution in [3.63, 3.8) is 0 Å². The highest BCUT2D eigenvalue weighted by molar-refractivity contribution is 8.00. The second kappa shape index (κ2) is 7.61. The van der Waals surface area contributed by atoms with Crippen molar-refractivity contribution in [1.82, 2.24) is 4.57 Å². The Kier molecular flexibility index (Phi) is 5.80. The maximum Gasteiger partial charge on any atom is 0.174 e. The van der Waals surface area contributed by atoms with Crippen molar-refractivity contribution >= 4 is 17.5 Å². The number of ether oxygens (including phenoxy) is 1. The predicted octanol–water partition coefficient (Wildman–Crippen LogP) is 3.87. The number of hydrogen-bond donors (Lipinski definition) is 0. The van der Waals surface area contributed by atoms with Gasteiger partial charge in [-0.3, -0.25) is 4.79 Å². The third-order valence-electron chi connectivity index (χ3n) is 3.59. The van der Waals surface area contributed by atoms with Crippen LogP contribution in [0.3, 0.4) is 0 Å². The lowest BCUT2D eigenvalue weighted by molar-refractivity contribution is 0.102. The zero-order valence-electron chi connectivity index (χ0n) is 13.1. The van der Waals surface area contributed by atoms with Crippen molar-refractivity contribution in [3.8, 4) is 0 Å². The van der Waals surface area contributed by atoms with Gasteiger partial charge in [-0.15, -0.1) is 11.8 Å². The minimum Gasteiger partial charge on any atom is -0.383 e. The molecule has 0 radical (unpaired) electrons. The molecule has 1 heterocycles. The average Bonchev–Trinajstić information content (AvgIpc) is 2.79. The van der Waals surface area contributed by atoms with Gasteiger partial charge in [0.15, 0.2) is 5.78 Å². The molecule has 5 heteroatoms. The van der Waals surface area contributed by atoms with Crippen LogP contribution < -0.4 is 0 Å². The summed E-state index contributed by atoms with van der Waals surface area (Å²) in [6, 6.07) is 8.41. The summed E-state index contributed by atoms with van der Waals surface area (Å²) in [5, 5.41) is 0. The van der Waals surface area contributed by atoms with Gasteiger partial charge in [-0.1, -0.05) is 12.1 Å². The number of aromatic nitrogens is 1. The standard InChI is InChI=1S/C17H20FNO2S/c1-12-10-14(13(2)19(12)8-9-21-3)16(20)11-22-17-7-5-4-6-15(17)18/h4-7,10H,8-9,11H2,1-3H3. The third-order valence-corrected chi connectivity index (χ3v) is 4.64. The quantitative estimate of drug-likeness (QED) is 0.573. The first-order valence-electron chi connectivity index (χ1n) is 7.10. The molecule has 0 saturated heterocycles. The van der Waals surface area contributed by atoms with Crippen molar-refractivity contribution in [1.29, 1.82) is 0 Å². The monoisotopic (exact) mass is 321 g/mol. The van der Waals surface area contributed by atoms with Crippen LogP contribution in [0.1, 0.15) is 21.7 Å². The zero-order chi connectivity index (χ0) is 16.1. The van der Waals surface area contributed by atoms with Crippen molar-refractivity contribution in [2.24, 2.45) is 0 Å². The Balaban J connectivity index is 2.08. The van der Waals surface area contributed by atoms with E-state index in [1.807, 2.05) is 19.9 Å². The molecule has 2 aromatic rings. The molecule has 0 unspecified atom stereocenters. The summed E-state index contributed by atoms with van der Waals surface area (Å²) in [5.74, 6) is -0.0360. The first kappa shape index (κ1) is 16.8. The lowest BCUT2D eigenvalue weighted by Gasteiger charge is -2.08. The highest BCUT2D eigenvalue weighted by Crippen LogP contribution is 2.24. The number of Topliss-reactive ketones (excluding diaryl/α,β-unsaturated/α-hetero) is 1. The summed E-state index contributed by atoms with van der Waals surface area (Å²) in [4.78, 5) is 12.9. The topological polar surface area (TPSA) is 31.2 Å². The summed E-state index contributed by atoms with van der Waals surface area (Å²) in [6.45, 7) is 5.24. The molecule has 1 aromatic heterocycles. The minimum atomic E-state index is -0.286. The number of carbonyl (C=O) groups excluding carboxylic acids is 1. The van der Waals surface area contributed by atoms with E-state index in [0.29, 0.717) is 17.1 Å². The largest absolute Gasteiger partial charge is 0.383 e. The Morgan fingerprint density at radius 3 is 2.73 bits per heavy atom. The van der Waals surface area contributed by atoms with E-state index in [9.17, 15) is 9.18 Å². The van der Waals surface area contributed by atoms with Gasteiger partial charge in [0.2, 0.25) is 0 Å². The second-order valence-corrected chi connectivity index (χ2v) is 6.09. The van der Waals surface area contributed by atoms with Crippen LogP contribution in [0.4, 0.5) is 4.39 Å². The molecule has 118 valence electrons. The van der Waals surface area contributed by atoms with Crippen LogP contribution >= 0.6 is 11.8 Å². The molecular formula is C17H20FNO2S. The SMILES string of the molecule is COCCn1c(C)cc(C(=O)CSc2ccccc2F)c1C. The number of carbonyl (C=O) groups is 1. The molecule has 2 rings (SSSR count). The van der Waals surface area contributed by atoms with Gasteiger partial charge in [0.25, 0.3) is 0 Å². The Morgan fingerprint density at radius 2 is 2.05 bits per heavy atom. The van der Waals surface area contributed by atoms with Gasteiger partial charge in [0.05, 0.1) is 12.4 Å². The van der Waals surface area contributed by atoms with E-state index in [1.54, 1.807) is 25.3 Å². The number of halogens is 1. The molecule has 0 aliphatic heterocycles. The Bertz CT molecular complexity index is 667. The summed E-state index contributed by atoms with van der Waals surface area (Å²) < 4.78 is 20.7. The molecule has 0 amide bonds. The number of thioether (sulfide) groups is 1. The minimum absolute atomic E-state index is 0.0185. The van der Waals surface area contributed by atoms with Crippen molar-refractivity contribution < 1.29 is 13.9 Å². The van der Waals surface area contributed by atoms with Gasteiger partial charge < -0.3 is 9.30 Å². The molecule has 0 spiro atoms. The molecule has 0 bridgehead atoms. The molecule has 3 nitrogen and oxygen atoms in total. The summed E-state index contributed by atoms with van der Waals surface area (Å²) in [6.07, 6.45) is 0. The number of hydrogen-bond acceptors (Lipinski definition) is 3. The second-order valence-electron chi connectivity index (χ2n) is 5.07. The van der Waals surface area contributed by atoms with Gasteiger partial charge in [-0.05, 0) is 32.0 Å². The molecular weight excluding hydrogens is 301 g/mol. The molecule has 0 fully saturated rings. The summed E-state index contributed by atoms with van der Waals surface area (Å²) in [5.41, 5.74) is 2.68. The highest BCUT2D eigenvalue weighted by atomic mass is 32.2. The van der Waals surface area contributed by atoms with E-state index < -0.39 is 0 Å². The maximum absolute atomic E-state index is 13.6. The first-order chi connectivity index (χ1) is 10.5. The van der Waals surface area contributed by atoms with Crippen LogP contribution in [0, 0.1) is 19.7 Å². The summed E-state index contributed by atoms with van der Waals surface area (Å²) >= 11 is 1.23. The molecule has 0 aliphatic rings. The van der Waals surface area contributed by atoms with E-state index >= 15 is 0 Å². The normalized spacial score (nSPS) is 10.9. The maximum atomic E-state index is 13.6. The highest BCUT2D eigenvalue weighted by Gasteiger charge is 2.16. The van der Waals surface area contributed by atoms with Gasteiger partial charge >= 0.3 is 0 Å². The van der Waals surface area contributed by atoms with Crippen LogP contribution in [0.15, 0.2) is 35.2 Å². The Morgan fingerprint density at radius 1 is 1.32 bits per heavy atom. The fourth-order valence-electron chi connectivity index (χ4n) is 2.39. The molecule has 0 N–H and O–H groups in total. The molecule has 0 saturated carbocycles. The van der Waals surface area contributed by atoms with Crippen molar-refractivity contribution in [3.05, 3.63) is 53.1 Å². The Hall–Kier alpha value is -1.59. The first-order valence-corrected chi connectivity index (χ1v) is 8.09. The fourth-order valence-corrected chi connectivity index (χ4v) is 3.22. The van der Waals surface area contributed by atoms with Gasteiger partial charge in [-0.2, -0.15) is 0 Å². The van der Waals surface area contributed by atoms with E-state index in [4.69, 9.17) is 4.74 Å². The Labute approximate surface area is 134 Å². The number of methoxy groups -OCH3 is 1. The van der Waals surface area contributed by atoms with Gasteiger partial charge in [0, 0.05) is 35.5 Å². The van der Waals surface area contributed by atoms with Crippen LogP contribution in [0.5, 0.6) is 0 Å². The molecule has 1 aromatic carbocycles. The van der Waals surface area contributed by atoms with Gasteiger partial charge in [-0.25, -0.2) is 4.39 Å². The smallest absolute Gasteiger partial charge is 0.174 e. The van der Waals surface area contributed by atoms with Crippen LogP contribution in [-0.4, -0.2) is 29.8 Å². The lowest BCUT2D eigenvalue weighted by Crippen LogP contribution is -2.09. The van der Waals surface area contributed by atoms with E-state index in [-0.39, 0.29) is 17.4 Å². The molecule has 22 heavy (non-hydrogen) atoms. The van der Waals surface area contributed by atoms with E-state index in [1.165, 1.54) is 17.8 Å². The van der Waals surface area contributed by atoms with Crippen LogP contribution in [0.25, 0.3) is 0 Å². The summed E-state index contributed by atoms with van der Waals surface area (Å²) in [7, 11) is 1.66. The molecule has 0 aliphatic carbocycles. The van der Waals surface area contributed by atoms with Crippen molar-refractivity contribution in [2.75, 3.05) is 19.5 Å². The number of rotatable bonds is 7. The fraction of sp³-hybridized carbons (Fsp3) is 0.353. The van der Waals surface area contributed by atoms with E-state index in [2.05, 4.69) is 4.57 Å². The van der Waals surface area contributed by atoms with E-state index in [0.717, 1.165) is 17.9 Å². The number of nitrogens with zero attached hydrogens (tertiary/aromatic N) is 1. The lowest BCUT2D eigenvalue weighted by atomic mass is 10.2. The third kappa shape index (κ3) is 3.78. The van der Waals surface area contributed by atoms with Crippen molar-refractivity contribution in [2.45, 2.75) is 25.3 Å². The number of benzene rings is 1. The zero-order valence-corrected chi connectivity index (χ0v) is 13.9. The predicted molar refractivity (Wildman–Crippen MR) is 87.2 cm³/mol. The van der Waals surface area contributed by atoms with Gasteiger partial charge in [0.1, 0.15) is 5.82 Å². The van der Waals surface area contributed by atoms with Crippen LogP contribution in [-0.2, 0) is 11.3 Å². The van der Waals surface area contributed by atoms with Crippen LogP contribution in [0.2, 0.25) is 0 Å². The number of ketones is 1. The number of aryl methyl sites for hydroxylation is 1. The average molecular weight is 321 g/mol. The molecule has 0 atom stereocenters.